The molecule has 0 atom stereocenters. The van der Waals surface area contributed by atoms with Gasteiger partial charge < -0.3 is 5.11 Å². The number of allylic oxidation sites excluding steroid dienone is 2. The van der Waals surface area contributed by atoms with Crippen molar-refractivity contribution < 1.29 is 9.50 Å². The van der Waals surface area contributed by atoms with Gasteiger partial charge in [0, 0.05) is 5.56 Å². The van der Waals surface area contributed by atoms with Gasteiger partial charge >= 0.3 is 0 Å². The van der Waals surface area contributed by atoms with Gasteiger partial charge in [-0.3, -0.25) is 0 Å². The fourth-order valence-electron chi connectivity index (χ4n) is 1.04. The maximum Gasteiger partial charge on any atom is 0.165 e. The Kier molecular flexibility index (Phi) is 3.07. The zero-order valence-corrected chi connectivity index (χ0v) is 7.84. The third kappa shape index (κ3) is 2.58. The van der Waals surface area contributed by atoms with Crippen molar-refractivity contribution in [2.75, 3.05) is 0 Å². The maximum absolute atomic E-state index is 12.8. The summed E-state index contributed by atoms with van der Waals surface area (Å²) in [6.45, 7) is 3.94. The minimum Gasteiger partial charge on any atom is -0.505 e. The molecule has 0 spiro atoms. The van der Waals surface area contributed by atoms with E-state index in [9.17, 15) is 9.50 Å². The van der Waals surface area contributed by atoms with Crippen LogP contribution >= 0.6 is 0 Å². The van der Waals surface area contributed by atoms with Crippen LogP contribution in [0.2, 0.25) is 0 Å². The van der Waals surface area contributed by atoms with E-state index in [2.05, 4.69) is 0 Å². The van der Waals surface area contributed by atoms with E-state index in [0.29, 0.717) is 12.0 Å². The predicted molar refractivity (Wildman–Crippen MR) is 51.2 cm³/mol. The molecule has 0 aliphatic heterocycles. The molecule has 0 unspecified atom stereocenters. The Hall–Kier alpha value is -1.31. The molecule has 1 rings (SSSR count). The van der Waals surface area contributed by atoms with E-state index in [0.717, 1.165) is 5.57 Å². The highest BCUT2D eigenvalue weighted by molar-refractivity contribution is 5.35. The lowest BCUT2D eigenvalue weighted by atomic mass is 10.1. The Morgan fingerprint density at radius 1 is 1.46 bits per heavy atom. The highest BCUT2D eigenvalue weighted by Gasteiger charge is 2.03. The van der Waals surface area contributed by atoms with Gasteiger partial charge in [-0.1, -0.05) is 23.8 Å². The van der Waals surface area contributed by atoms with Gasteiger partial charge in [-0.25, -0.2) is 4.39 Å². The van der Waals surface area contributed by atoms with Gasteiger partial charge in [0.25, 0.3) is 0 Å². The van der Waals surface area contributed by atoms with Crippen LogP contribution in [0.15, 0.2) is 29.8 Å². The van der Waals surface area contributed by atoms with Crippen molar-refractivity contribution in [2.45, 2.75) is 20.3 Å². The monoisotopic (exact) mass is 180 g/mol. The molecule has 13 heavy (non-hydrogen) atoms. The van der Waals surface area contributed by atoms with Crippen LogP contribution in [0, 0.1) is 5.82 Å². The standard InChI is InChI=1S/C11H13FO/c1-8(2)6-7-9-4-3-5-10(12)11(9)13/h3-6,13H,7H2,1-2H3. The maximum atomic E-state index is 12.8. The molecule has 1 aromatic carbocycles. The van der Waals surface area contributed by atoms with Crippen molar-refractivity contribution in [3.8, 4) is 5.75 Å². The molecular weight excluding hydrogens is 167 g/mol. The fraction of sp³-hybridized carbons (Fsp3) is 0.273. The second-order valence-corrected chi connectivity index (χ2v) is 3.23. The molecule has 0 saturated carbocycles. The van der Waals surface area contributed by atoms with E-state index in [1.165, 1.54) is 6.07 Å². The number of phenolic OH excluding ortho intramolecular Hbond substituents is 1. The van der Waals surface area contributed by atoms with Gasteiger partial charge in [0.2, 0.25) is 0 Å². The van der Waals surface area contributed by atoms with Crippen LogP contribution in [0.25, 0.3) is 0 Å². The predicted octanol–water partition coefficient (Wildman–Crippen LogP) is 3.04. The molecule has 1 aromatic rings. The van der Waals surface area contributed by atoms with E-state index < -0.39 is 5.82 Å². The van der Waals surface area contributed by atoms with Crippen molar-refractivity contribution in [1.29, 1.82) is 0 Å². The lowest BCUT2D eigenvalue weighted by molar-refractivity contribution is 0.427. The summed E-state index contributed by atoms with van der Waals surface area (Å²) in [6, 6.07) is 4.57. The minimum absolute atomic E-state index is 0.236. The number of phenols is 1. The quantitative estimate of drug-likeness (QED) is 0.693. The van der Waals surface area contributed by atoms with Crippen molar-refractivity contribution in [3.05, 3.63) is 41.2 Å². The first-order valence-electron chi connectivity index (χ1n) is 4.21. The molecule has 2 heteroatoms. The first-order valence-corrected chi connectivity index (χ1v) is 4.21. The number of para-hydroxylation sites is 1. The third-order valence-electron chi connectivity index (χ3n) is 1.80. The molecule has 1 N–H and O–H groups in total. The zero-order valence-electron chi connectivity index (χ0n) is 7.84. The molecule has 0 bridgehead atoms. The highest BCUT2D eigenvalue weighted by atomic mass is 19.1. The first kappa shape index (κ1) is 9.78. The van der Waals surface area contributed by atoms with Crippen molar-refractivity contribution in [2.24, 2.45) is 0 Å². The Bertz CT molecular complexity index is 325. The van der Waals surface area contributed by atoms with Crippen molar-refractivity contribution in [1.82, 2.24) is 0 Å². The molecule has 0 aliphatic carbocycles. The van der Waals surface area contributed by atoms with E-state index in [1.807, 2.05) is 19.9 Å². The zero-order chi connectivity index (χ0) is 9.84. The molecule has 0 aliphatic rings. The van der Waals surface area contributed by atoms with E-state index in [-0.39, 0.29) is 5.75 Å². The van der Waals surface area contributed by atoms with E-state index in [1.54, 1.807) is 12.1 Å². The largest absolute Gasteiger partial charge is 0.505 e. The summed E-state index contributed by atoms with van der Waals surface area (Å²) in [4.78, 5) is 0. The molecule has 0 aromatic heterocycles. The average Bonchev–Trinajstić information content (AvgIpc) is 2.07. The average molecular weight is 180 g/mol. The normalized spacial score (nSPS) is 9.77. The van der Waals surface area contributed by atoms with Crippen LogP contribution in [0.4, 0.5) is 4.39 Å². The lowest BCUT2D eigenvalue weighted by Gasteiger charge is -2.01. The Morgan fingerprint density at radius 2 is 2.15 bits per heavy atom. The van der Waals surface area contributed by atoms with Gasteiger partial charge in [-0.15, -0.1) is 0 Å². The molecule has 70 valence electrons. The number of benzene rings is 1. The molecule has 0 fully saturated rings. The highest BCUT2D eigenvalue weighted by Crippen LogP contribution is 2.21. The number of rotatable bonds is 2. The van der Waals surface area contributed by atoms with Crippen LogP contribution < -0.4 is 0 Å². The van der Waals surface area contributed by atoms with Crippen LogP contribution in [-0.4, -0.2) is 5.11 Å². The van der Waals surface area contributed by atoms with Gasteiger partial charge in [0.1, 0.15) is 0 Å². The Morgan fingerprint density at radius 3 is 2.77 bits per heavy atom. The summed E-state index contributed by atoms with van der Waals surface area (Å²) in [5.74, 6) is -0.792. The topological polar surface area (TPSA) is 20.2 Å². The van der Waals surface area contributed by atoms with Crippen molar-refractivity contribution in [3.63, 3.8) is 0 Å². The first-order chi connectivity index (χ1) is 6.11. The molecular formula is C11H13FO. The fourth-order valence-corrected chi connectivity index (χ4v) is 1.04. The van der Waals surface area contributed by atoms with Gasteiger partial charge in [-0.2, -0.15) is 0 Å². The molecule has 0 radical (unpaired) electrons. The van der Waals surface area contributed by atoms with E-state index in [4.69, 9.17) is 0 Å². The summed E-state index contributed by atoms with van der Waals surface area (Å²) < 4.78 is 12.8. The second kappa shape index (κ2) is 4.08. The molecule has 0 heterocycles. The summed E-state index contributed by atoms with van der Waals surface area (Å²) in [5, 5.41) is 9.31. The molecule has 0 amide bonds. The second-order valence-electron chi connectivity index (χ2n) is 3.23. The lowest BCUT2D eigenvalue weighted by Crippen LogP contribution is -1.86. The summed E-state index contributed by atoms with van der Waals surface area (Å²) in [5.41, 5.74) is 1.78. The third-order valence-corrected chi connectivity index (χ3v) is 1.80. The summed E-state index contributed by atoms with van der Waals surface area (Å²) >= 11 is 0. The summed E-state index contributed by atoms with van der Waals surface area (Å²) in [6.07, 6.45) is 2.53. The SMILES string of the molecule is CC(C)=CCc1cccc(F)c1O. The van der Waals surface area contributed by atoms with Crippen LogP contribution in [0.1, 0.15) is 19.4 Å². The Balaban J connectivity index is 2.89. The summed E-state index contributed by atoms with van der Waals surface area (Å²) in [7, 11) is 0. The van der Waals surface area contributed by atoms with E-state index >= 15 is 0 Å². The molecule has 0 saturated heterocycles. The number of halogens is 1. The van der Waals surface area contributed by atoms with Crippen LogP contribution in [0.5, 0.6) is 5.75 Å². The van der Waals surface area contributed by atoms with Gasteiger partial charge in [0.15, 0.2) is 11.6 Å². The van der Waals surface area contributed by atoms with Crippen LogP contribution in [0.3, 0.4) is 0 Å². The molecule has 1 nitrogen and oxygen atoms in total. The van der Waals surface area contributed by atoms with Gasteiger partial charge in [0.05, 0.1) is 0 Å². The number of aromatic hydroxyl groups is 1. The minimum atomic E-state index is -0.556. The van der Waals surface area contributed by atoms with Crippen LogP contribution in [-0.2, 0) is 6.42 Å². The number of hydrogen-bond donors (Lipinski definition) is 1. The Labute approximate surface area is 77.5 Å². The van der Waals surface area contributed by atoms with Gasteiger partial charge in [-0.05, 0) is 26.3 Å². The van der Waals surface area contributed by atoms with Crippen molar-refractivity contribution >= 4 is 0 Å². The smallest absolute Gasteiger partial charge is 0.165 e. The number of hydrogen-bond acceptors (Lipinski definition) is 1.